The second kappa shape index (κ2) is 5.67. The fourth-order valence-electron chi connectivity index (χ4n) is 2.19. The second-order valence-electron chi connectivity index (χ2n) is 4.65. The van der Waals surface area contributed by atoms with Gasteiger partial charge in [0.1, 0.15) is 10.0 Å². The summed E-state index contributed by atoms with van der Waals surface area (Å²) in [6.45, 7) is 7.63. The Labute approximate surface area is 112 Å². The van der Waals surface area contributed by atoms with Gasteiger partial charge >= 0.3 is 0 Å². The third kappa shape index (κ3) is 2.83. The lowest BCUT2D eigenvalue weighted by molar-refractivity contribution is 0.530. The first-order valence-corrected chi connectivity index (χ1v) is 8.21. The number of thioether (sulfide) groups is 1. The van der Waals surface area contributed by atoms with Gasteiger partial charge in [0.2, 0.25) is 0 Å². The summed E-state index contributed by atoms with van der Waals surface area (Å²) in [6.07, 6.45) is 3.62. The lowest BCUT2D eigenvalue weighted by Crippen LogP contribution is -2.19. The maximum absolute atomic E-state index is 4.43. The van der Waals surface area contributed by atoms with E-state index in [1.807, 2.05) is 11.8 Å². The van der Waals surface area contributed by atoms with Crippen LogP contribution >= 0.6 is 23.1 Å². The van der Waals surface area contributed by atoms with Gasteiger partial charge in [-0.25, -0.2) is 0 Å². The van der Waals surface area contributed by atoms with Gasteiger partial charge in [-0.3, -0.25) is 0 Å². The van der Waals surface area contributed by atoms with Gasteiger partial charge in [-0.15, -0.1) is 22.0 Å². The maximum Gasteiger partial charge on any atom is 0.134 e. The van der Waals surface area contributed by atoms with Crippen molar-refractivity contribution < 1.29 is 0 Å². The summed E-state index contributed by atoms with van der Waals surface area (Å²) in [6, 6.07) is 0.376. The molecular weight excluding hydrogens is 250 g/mol. The van der Waals surface area contributed by atoms with Gasteiger partial charge in [0, 0.05) is 0 Å². The summed E-state index contributed by atoms with van der Waals surface area (Å²) in [5, 5.41) is 14.6. The molecule has 0 aromatic carbocycles. The van der Waals surface area contributed by atoms with E-state index in [1.165, 1.54) is 23.6 Å². The molecule has 0 aliphatic carbocycles. The Balaban J connectivity index is 2.14. The van der Waals surface area contributed by atoms with Crippen LogP contribution in [-0.4, -0.2) is 22.5 Å². The summed E-state index contributed by atoms with van der Waals surface area (Å²) in [5.74, 6) is 1.26. The summed E-state index contributed by atoms with van der Waals surface area (Å²) >= 11 is 3.83. The van der Waals surface area contributed by atoms with Gasteiger partial charge < -0.3 is 5.32 Å². The Bertz CT molecular complexity index is 358. The third-order valence-electron chi connectivity index (χ3n) is 3.27. The normalized spacial score (nSPS) is 26.3. The number of nitrogens with zero attached hydrogens (tertiary/aromatic N) is 2. The number of hydrogen-bond acceptors (Lipinski definition) is 5. The van der Waals surface area contributed by atoms with Crippen LogP contribution in [0.3, 0.4) is 0 Å². The van der Waals surface area contributed by atoms with Crippen molar-refractivity contribution >= 4 is 23.1 Å². The van der Waals surface area contributed by atoms with Crippen molar-refractivity contribution in [1.82, 2.24) is 15.5 Å². The molecule has 2 unspecified atom stereocenters. The van der Waals surface area contributed by atoms with Crippen LogP contribution in [0.1, 0.15) is 56.1 Å². The highest BCUT2D eigenvalue weighted by atomic mass is 32.2. The van der Waals surface area contributed by atoms with Crippen LogP contribution in [0.2, 0.25) is 0 Å². The van der Waals surface area contributed by atoms with Crippen LogP contribution in [0.5, 0.6) is 0 Å². The van der Waals surface area contributed by atoms with Gasteiger partial charge in [0.25, 0.3) is 0 Å². The molecule has 96 valence electrons. The lowest BCUT2D eigenvalue weighted by atomic mass is 10.1. The molecule has 0 bridgehead atoms. The van der Waals surface area contributed by atoms with Crippen molar-refractivity contribution in [3.05, 3.63) is 10.0 Å². The Morgan fingerprint density at radius 1 is 1.41 bits per heavy atom. The van der Waals surface area contributed by atoms with Crippen molar-refractivity contribution in [2.45, 2.75) is 50.8 Å². The predicted octanol–water partition coefficient (Wildman–Crippen LogP) is 3.34. The molecule has 2 rings (SSSR count). The van der Waals surface area contributed by atoms with E-state index in [1.54, 1.807) is 11.3 Å². The Hall–Kier alpha value is -0.130. The minimum atomic E-state index is 0.223. The molecule has 1 aliphatic heterocycles. The van der Waals surface area contributed by atoms with E-state index in [2.05, 4.69) is 36.3 Å². The first-order chi connectivity index (χ1) is 8.19. The molecule has 2 atom stereocenters. The van der Waals surface area contributed by atoms with Crippen LogP contribution in [0, 0.1) is 0 Å². The zero-order chi connectivity index (χ0) is 12.3. The molecule has 1 aromatic rings. The van der Waals surface area contributed by atoms with Crippen LogP contribution in [0.25, 0.3) is 0 Å². The molecule has 1 aromatic heterocycles. The first kappa shape index (κ1) is 13.3. The average Bonchev–Trinajstić information content (AvgIpc) is 2.95. The van der Waals surface area contributed by atoms with Gasteiger partial charge in [-0.2, -0.15) is 0 Å². The third-order valence-corrected chi connectivity index (χ3v) is 6.23. The smallest absolute Gasteiger partial charge is 0.134 e. The summed E-state index contributed by atoms with van der Waals surface area (Å²) in [7, 11) is 0. The topological polar surface area (TPSA) is 37.8 Å². The molecule has 1 fully saturated rings. The van der Waals surface area contributed by atoms with Crippen molar-refractivity contribution in [2.75, 3.05) is 12.3 Å². The fourth-order valence-corrected chi connectivity index (χ4v) is 4.76. The minimum absolute atomic E-state index is 0.223. The van der Waals surface area contributed by atoms with E-state index >= 15 is 0 Å². The molecule has 0 spiro atoms. The number of rotatable bonds is 5. The van der Waals surface area contributed by atoms with Gasteiger partial charge in [-0.05, 0) is 38.5 Å². The predicted molar refractivity (Wildman–Crippen MR) is 75.7 cm³/mol. The van der Waals surface area contributed by atoms with E-state index in [0.29, 0.717) is 6.04 Å². The minimum Gasteiger partial charge on any atom is -0.308 e. The van der Waals surface area contributed by atoms with Gasteiger partial charge in [0.05, 0.1) is 10.8 Å². The molecule has 1 N–H and O–H groups in total. The van der Waals surface area contributed by atoms with Gasteiger partial charge in [-0.1, -0.05) is 25.2 Å². The van der Waals surface area contributed by atoms with Crippen molar-refractivity contribution in [3.8, 4) is 0 Å². The molecule has 1 saturated heterocycles. The average molecular weight is 271 g/mol. The highest BCUT2D eigenvalue weighted by Crippen LogP contribution is 2.47. The fraction of sp³-hybridized carbons (Fsp3) is 0.833. The molecule has 0 saturated carbocycles. The number of nitrogens with one attached hydrogen (secondary N) is 1. The van der Waals surface area contributed by atoms with E-state index < -0.39 is 0 Å². The first-order valence-electron chi connectivity index (χ1n) is 6.41. The Kier molecular flexibility index (Phi) is 4.44. The molecule has 0 amide bonds. The van der Waals surface area contributed by atoms with Crippen molar-refractivity contribution in [3.63, 3.8) is 0 Å². The SMILES string of the molecule is CCNC(CC)c1nnc(C2(C)CCCS2)s1. The maximum atomic E-state index is 4.43. The molecular formula is C12H21N3S2. The van der Waals surface area contributed by atoms with Gasteiger partial charge in [0.15, 0.2) is 0 Å². The van der Waals surface area contributed by atoms with Crippen LogP contribution in [0.15, 0.2) is 0 Å². The Morgan fingerprint density at radius 3 is 2.82 bits per heavy atom. The van der Waals surface area contributed by atoms with Crippen LogP contribution in [0.4, 0.5) is 0 Å². The van der Waals surface area contributed by atoms with Crippen LogP contribution in [-0.2, 0) is 4.75 Å². The standard InChI is InChI=1S/C12H21N3S2/c1-4-9(13-5-2)10-14-15-11(17-10)12(3)7-6-8-16-12/h9,13H,4-8H2,1-3H3. The van der Waals surface area contributed by atoms with E-state index in [0.717, 1.165) is 18.0 Å². The summed E-state index contributed by atoms with van der Waals surface area (Å²) in [4.78, 5) is 0. The number of aromatic nitrogens is 2. The van der Waals surface area contributed by atoms with Crippen molar-refractivity contribution in [2.24, 2.45) is 0 Å². The summed E-state index contributed by atoms with van der Waals surface area (Å²) in [5.41, 5.74) is 0. The molecule has 3 nitrogen and oxygen atoms in total. The zero-order valence-corrected chi connectivity index (χ0v) is 12.5. The molecule has 2 heterocycles. The molecule has 1 aliphatic rings. The van der Waals surface area contributed by atoms with E-state index in [-0.39, 0.29) is 4.75 Å². The van der Waals surface area contributed by atoms with Crippen molar-refractivity contribution in [1.29, 1.82) is 0 Å². The molecule has 0 radical (unpaired) electrons. The quantitative estimate of drug-likeness (QED) is 0.891. The second-order valence-corrected chi connectivity index (χ2v) is 7.25. The highest BCUT2D eigenvalue weighted by molar-refractivity contribution is 8.00. The summed E-state index contributed by atoms with van der Waals surface area (Å²) < 4.78 is 0.223. The van der Waals surface area contributed by atoms with E-state index in [4.69, 9.17) is 0 Å². The molecule has 17 heavy (non-hydrogen) atoms. The highest BCUT2D eigenvalue weighted by Gasteiger charge is 2.35. The molecule has 5 heteroatoms. The largest absolute Gasteiger partial charge is 0.308 e. The van der Waals surface area contributed by atoms with Crippen LogP contribution < -0.4 is 5.32 Å². The monoisotopic (exact) mass is 271 g/mol. The Morgan fingerprint density at radius 2 is 2.24 bits per heavy atom. The number of hydrogen-bond donors (Lipinski definition) is 1. The lowest BCUT2D eigenvalue weighted by Gasteiger charge is -2.18. The van der Waals surface area contributed by atoms with E-state index in [9.17, 15) is 0 Å². The zero-order valence-electron chi connectivity index (χ0n) is 10.8.